The normalized spacial score (nSPS) is 5.00. The zero-order valence-corrected chi connectivity index (χ0v) is 11.9. The summed E-state index contributed by atoms with van der Waals surface area (Å²) in [6.45, 7) is -0.250. The van der Waals surface area contributed by atoms with Crippen LogP contribution in [0.2, 0.25) is 0 Å². The van der Waals surface area contributed by atoms with Crippen molar-refractivity contribution in [1.29, 1.82) is 0 Å². The van der Waals surface area contributed by atoms with Crippen LogP contribution in [0.1, 0.15) is 0 Å². The maximum absolute atomic E-state index is 7.62. The van der Waals surface area contributed by atoms with Crippen molar-refractivity contribution in [1.82, 2.24) is 0 Å². The van der Waals surface area contributed by atoms with E-state index in [1.807, 2.05) is 0 Å². The maximum Gasteiger partial charge on any atom is 0.618 e. The molecule has 0 aliphatic rings. The molecule has 0 aromatic rings. The van der Waals surface area contributed by atoms with Gasteiger partial charge in [0.2, 0.25) is 0 Å². The zero-order valence-electron chi connectivity index (χ0n) is 5.23. The Kier molecular flexibility index (Phi) is 55.6. The van der Waals surface area contributed by atoms with Gasteiger partial charge in [-0.15, -0.1) is 0 Å². The van der Waals surface area contributed by atoms with Gasteiger partial charge >= 0.3 is 61.8 Å². The molecule has 0 heterocycles. The van der Waals surface area contributed by atoms with Crippen molar-refractivity contribution in [3.63, 3.8) is 0 Å². The molecule has 0 amide bonds. The van der Waals surface area contributed by atoms with Crippen molar-refractivity contribution in [3.05, 3.63) is 0 Å². The number of halogens is 4. The fraction of sp³-hybridized carbons (Fsp3) is 1.00. The molecule has 0 atom stereocenters. The topological polar surface area (TPSA) is 40.5 Å². The first kappa shape index (κ1) is 18.8. The van der Waals surface area contributed by atoms with Gasteiger partial charge in [-0.05, 0) is 0 Å². The summed E-state index contributed by atoms with van der Waals surface area (Å²) in [6.07, 6.45) is 9.90. The molecule has 0 fully saturated rings. The minimum Gasteiger partial charge on any atom is -0.309 e. The molecule has 0 saturated carbocycles. The molecular weight excluding hydrogens is 262 g/mol. The van der Waals surface area contributed by atoms with E-state index in [1.165, 1.54) is 0 Å². The standard InChI is InChI=1S/C2H6O2.Ca.4ClH.Mg/c3-1-2-4;;;;;;/h3-4H,1-2H2;;4*1H;/q;+2;;;;;+2/p-4. The van der Waals surface area contributed by atoms with Gasteiger partial charge in [-0.3, -0.25) is 0 Å². The van der Waals surface area contributed by atoms with Gasteiger partial charge in [0.15, 0.2) is 0 Å². The Hall–Kier alpha value is 3.11. The maximum atomic E-state index is 7.62. The van der Waals surface area contributed by atoms with Crippen LogP contribution in [0.3, 0.4) is 0 Å². The smallest absolute Gasteiger partial charge is 0.309 e. The Morgan fingerprint density at radius 3 is 1.20 bits per heavy atom. The van der Waals surface area contributed by atoms with Crippen LogP contribution in [0, 0.1) is 0 Å². The third-order valence-electron chi connectivity index (χ3n) is 0.1000. The predicted molar refractivity (Wildman–Crippen MR) is 49.1 cm³/mol. The van der Waals surface area contributed by atoms with Crippen LogP contribution in [-0.2, 0) is 0 Å². The van der Waals surface area contributed by atoms with Crippen LogP contribution in [0.4, 0.5) is 0 Å². The molecular formula is C2H6CaCl4MgO2. The number of aliphatic hydroxyl groups excluding tert-OH is 2. The second-order valence-corrected chi connectivity index (χ2v) is 6.92. The SMILES string of the molecule is OCCO.[Cl][Ca][Cl].[Cl][Mg][Cl]. The molecule has 2 nitrogen and oxygen atoms in total. The Bertz CT molecular complexity index is 33.2. The summed E-state index contributed by atoms with van der Waals surface area (Å²) in [5, 5.41) is 15.2. The summed E-state index contributed by atoms with van der Waals surface area (Å²) in [7, 11) is 9.81. The zero-order chi connectivity index (χ0) is 8.83. The predicted octanol–water partition coefficient (Wildman–Crippen LogP) is 0.967. The Balaban J connectivity index is -0.0000000750. The average Bonchev–Trinajstić information content (AvgIpc) is 1.91. The monoisotopic (exact) mass is 266 g/mol. The third kappa shape index (κ3) is 67.3. The van der Waals surface area contributed by atoms with Gasteiger partial charge in [-0.1, -0.05) is 0 Å². The van der Waals surface area contributed by atoms with E-state index in [-0.39, 0.29) is 13.2 Å². The molecule has 0 radical (unpaired) electrons. The van der Waals surface area contributed by atoms with Gasteiger partial charge in [0.25, 0.3) is 0 Å². The van der Waals surface area contributed by atoms with E-state index in [4.69, 9.17) is 41.1 Å². The molecule has 0 aliphatic heterocycles. The summed E-state index contributed by atoms with van der Waals surface area (Å²) >= 11 is -1.57. The molecule has 0 spiro atoms. The van der Waals surface area contributed by atoms with Gasteiger partial charge < -0.3 is 28.4 Å². The van der Waals surface area contributed by atoms with Crippen molar-refractivity contribution in [2.24, 2.45) is 0 Å². The first-order valence-electron chi connectivity index (χ1n) is 2.20. The van der Waals surface area contributed by atoms with Crippen molar-refractivity contribution >= 4 is 79.9 Å². The van der Waals surface area contributed by atoms with Crippen molar-refractivity contribution in [2.45, 2.75) is 0 Å². The summed E-state index contributed by atoms with van der Waals surface area (Å²) < 4.78 is 0. The summed E-state index contributed by atoms with van der Waals surface area (Å²) in [6, 6.07) is 0. The third-order valence-corrected chi connectivity index (χ3v) is 0.1000. The summed E-state index contributed by atoms with van der Waals surface area (Å²) in [5.41, 5.74) is 0. The van der Waals surface area contributed by atoms with Crippen LogP contribution in [0.25, 0.3) is 0 Å². The largest absolute Gasteiger partial charge is 0.618 e. The summed E-state index contributed by atoms with van der Waals surface area (Å²) in [4.78, 5) is 0. The van der Waals surface area contributed by atoms with E-state index in [9.17, 15) is 0 Å². The van der Waals surface area contributed by atoms with Crippen molar-refractivity contribution < 1.29 is 10.2 Å². The molecule has 0 bridgehead atoms. The first-order chi connectivity index (χ1) is 4.74. The first-order valence-corrected chi connectivity index (χ1v) is 12.6. The average molecular weight is 268 g/mol. The molecule has 0 rings (SSSR count). The van der Waals surface area contributed by atoms with Crippen LogP contribution in [0.5, 0.6) is 0 Å². The van der Waals surface area contributed by atoms with Crippen molar-refractivity contribution in [3.8, 4) is 0 Å². The molecule has 10 heavy (non-hydrogen) atoms. The Morgan fingerprint density at radius 1 is 1.10 bits per heavy atom. The van der Waals surface area contributed by atoms with E-state index >= 15 is 0 Å². The minimum absolute atomic E-state index is 0.125. The van der Waals surface area contributed by atoms with Crippen LogP contribution >= 0.6 is 30.9 Å². The van der Waals surface area contributed by atoms with E-state index < -0.39 is 49.0 Å². The van der Waals surface area contributed by atoms with Gasteiger partial charge in [0, 0.05) is 0 Å². The van der Waals surface area contributed by atoms with Gasteiger partial charge in [0.1, 0.15) is 0 Å². The van der Waals surface area contributed by atoms with Gasteiger partial charge in [-0.2, -0.15) is 0 Å². The number of rotatable bonds is 1. The van der Waals surface area contributed by atoms with Gasteiger partial charge in [0.05, 0.1) is 13.2 Å². The Morgan fingerprint density at radius 2 is 1.20 bits per heavy atom. The van der Waals surface area contributed by atoms with Crippen molar-refractivity contribution in [2.75, 3.05) is 13.2 Å². The van der Waals surface area contributed by atoms with E-state index in [1.54, 1.807) is 0 Å². The Labute approximate surface area is 101 Å². The minimum atomic E-state index is -0.931. The van der Waals surface area contributed by atoms with Crippen LogP contribution in [0.15, 0.2) is 0 Å². The quantitative estimate of drug-likeness (QED) is 0.696. The number of hydrogen-bond acceptors (Lipinski definition) is 2. The van der Waals surface area contributed by atoms with E-state index in [2.05, 4.69) is 0 Å². The number of hydrogen-bond donors (Lipinski definition) is 2. The second kappa shape index (κ2) is 29.6. The molecule has 0 unspecified atom stereocenters. The summed E-state index contributed by atoms with van der Waals surface area (Å²) in [5.74, 6) is 0. The molecule has 0 aromatic carbocycles. The second-order valence-electron chi connectivity index (χ2n) is 0.649. The van der Waals surface area contributed by atoms with E-state index in [0.29, 0.717) is 0 Å². The molecule has 0 saturated heterocycles. The molecule has 0 aliphatic carbocycles. The van der Waals surface area contributed by atoms with Crippen LogP contribution < -0.4 is 0 Å². The molecule has 0 aromatic heterocycles. The fourth-order valence-electron chi connectivity index (χ4n) is 0. The molecule has 2 N–H and O–H groups in total. The molecule has 58 valence electrons. The number of aliphatic hydroxyl groups is 2. The van der Waals surface area contributed by atoms with Gasteiger partial charge in [-0.25, -0.2) is 0 Å². The molecule has 8 heteroatoms. The fourth-order valence-corrected chi connectivity index (χ4v) is 0. The van der Waals surface area contributed by atoms with Crippen LogP contribution in [-0.4, -0.2) is 72.4 Å². The van der Waals surface area contributed by atoms with E-state index in [0.717, 1.165) is 0 Å².